The molecule has 0 radical (unpaired) electrons. The smallest absolute Gasteiger partial charge is 0.145 e. The summed E-state index contributed by atoms with van der Waals surface area (Å²) in [5, 5.41) is 0. The summed E-state index contributed by atoms with van der Waals surface area (Å²) in [7, 11) is 0. The van der Waals surface area contributed by atoms with Gasteiger partial charge >= 0.3 is 0 Å². The first-order chi connectivity index (χ1) is 6.89. The maximum atomic E-state index is 10.6. The Morgan fingerprint density at radius 1 is 1.73 bits per heavy atom. The molecule has 0 saturated carbocycles. The van der Waals surface area contributed by atoms with E-state index in [0.29, 0.717) is 11.8 Å². The normalized spacial score (nSPS) is 25.9. The third kappa shape index (κ3) is 2.39. The number of rotatable bonds is 4. The van der Waals surface area contributed by atoms with Crippen LogP contribution in [0, 0.1) is 17.3 Å². The minimum absolute atomic E-state index is 0.280. The standard InChI is InChI=1S/C14H22O/c1-10(9-15)8-11(2)13-7-6-12(3)14(13,4)5/h6,9,11,13H,1,7-8H2,2-5H3/t11?,13-/m0/s1. The second kappa shape index (κ2) is 4.34. The first kappa shape index (κ1) is 12.2. The highest BCUT2D eigenvalue weighted by molar-refractivity contribution is 5.71. The molecule has 1 nitrogen and oxygen atoms in total. The second-order valence-corrected chi connectivity index (χ2v) is 5.41. The fourth-order valence-electron chi connectivity index (χ4n) is 2.70. The summed E-state index contributed by atoms with van der Waals surface area (Å²) >= 11 is 0. The highest BCUT2D eigenvalue weighted by Crippen LogP contribution is 2.47. The molecular weight excluding hydrogens is 184 g/mol. The van der Waals surface area contributed by atoms with Gasteiger partial charge in [-0.05, 0) is 42.6 Å². The summed E-state index contributed by atoms with van der Waals surface area (Å²) in [5.41, 5.74) is 2.49. The van der Waals surface area contributed by atoms with Crippen LogP contribution in [0.5, 0.6) is 0 Å². The lowest BCUT2D eigenvalue weighted by molar-refractivity contribution is -0.105. The second-order valence-electron chi connectivity index (χ2n) is 5.41. The maximum absolute atomic E-state index is 10.6. The van der Waals surface area contributed by atoms with Crippen LogP contribution in [0.25, 0.3) is 0 Å². The molecule has 0 aliphatic heterocycles. The predicted octanol–water partition coefficient (Wildman–Crippen LogP) is 3.76. The molecule has 1 rings (SSSR count). The van der Waals surface area contributed by atoms with Gasteiger partial charge in [0.1, 0.15) is 6.29 Å². The Labute approximate surface area is 93.3 Å². The van der Waals surface area contributed by atoms with Crippen molar-refractivity contribution in [3.63, 3.8) is 0 Å². The lowest BCUT2D eigenvalue weighted by Crippen LogP contribution is -2.26. The van der Waals surface area contributed by atoms with Gasteiger partial charge in [0.2, 0.25) is 0 Å². The largest absolute Gasteiger partial charge is 0.298 e. The van der Waals surface area contributed by atoms with Crippen molar-refractivity contribution in [1.82, 2.24) is 0 Å². The van der Waals surface area contributed by atoms with Crippen molar-refractivity contribution in [2.45, 2.75) is 40.5 Å². The average Bonchev–Trinajstić information content (AvgIpc) is 2.41. The van der Waals surface area contributed by atoms with Crippen LogP contribution in [0.1, 0.15) is 40.5 Å². The topological polar surface area (TPSA) is 17.1 Å². The van der Waals surface area contributed by atoms with E-state index in [2.05, 4.69) is 40.3 Å². The molecule has 84 valence electrons. The average molecular weight is 206 g/mol. The van der Waals surface area contributed by atoms with E-state index in [0.717, 1.165) is 24.7 Å². The van der Waals surface area contributed by atoms with Gasteiger partial charge in [-0.1, -0.05) is 39.0 Å². The van der Waals surface area contributed by atoms with Crippen LogP contribution >= 0.6 is 0 Å². The summed E-state index contributed by atoms with van der Waals surface area (Å²) < 4.78 is 0. The van der Waals surface area contributed by atoms with Gasteiger partial charge in [0.15, 0.2) is 0 Å². The molecule has 15 heavy (non-hydrogen) atoms. The van der Waals surface area contributed by atoms with Crippen molar-refractivity contribution in [1.29, 1.82) is 0 Å². The van der Waals surface area contributed by atoms with Gasteiger partial charge in [0.25, 0.3) is 0 Å². The lowest BCUT2D eigenvalue weighted by Gasteiger charge is -2.34. The van der Waals surface area contributed by atoms with E-state index in [1.807, 2.05) is 0 Å². The molecule has 1 heteroatoms. The monoisotopic (exact) mass is 206 g/mol. The lowest BCUT2D eigenvalue weighted by atomic mass is 9.70. The number of hydrogen-bond acceptors (Lipinski definition) is 1. The Morgan fingerprint density at radius 2 is 2.33 bits per heavy atom. The predicted molar refractivity (Wildman–Crippen MR) is 64.6 cm³/mol. The quantitative estimate of drug-likeness (QED) is 0.389. The molecular formula is C14H22O. The zero-order valence-electron chi connectivity index (χ0n) is 10.3. The summed E-state index contributed by atoms with van der Waals surface area (Å²) in [4.78, 5) is 10.6. The minimum atomic E-state index is 0.280. The molecule has 0 aromatic rings. The Morgan fingerprint density at radius 3 is 2.73 bits per heavy atom. The van der Waals surface area contributed by atoms with E-state index in [4.69, 9.17) is 0 Å². The van der Waals surface area contributed by atoms with Crippen LogP contribution in [-0.2, 0) is 4.79 Å². The third-order valence-corrected chi connectivity index (χ3v) is 4.06. The molecule has 0 heterocycles. The summed E-state index contributed by atoms with van der Waals surface area (Å²) in [6.07, 6.45) is 5.20. The van der Waals surface area contributed by atoms with Gasteiger partial charge in [-0.15, -0.1) is 0 Å². The SMILES string of the molecule is C=C(C=O)CC(C)[C@@H]1CC=C(C)C1(C)C. The van der Waals surface area contributed by atoms with Crippen molar-refractivity contribution in [3.05, 3.63) is 23.8 Å². The van der Waals surface area contributed by atoms with E-state index in [9.17, 15) is 4.79 Å². The third-order valence-electron chi connectivity index (χ3n) is 4.06. The van der Waals surface area contributed by atoms with Gasteiger partial charge in [-0.3, -0.25) is 4.79 Å². The van der Waals surface area contributed by atoms with Crippen LogP contribution in [0.2, 0.25) is 0 Å². The molecule has 0 amide bonds. The molecule has 0 saturated heterocycles. The van der Waals surface area contributed by atoms with Crippen LogP contribution in [0.3, 0.4) is 0 Å². The molecule has 0 aromatic heterocycles. The highest BCUT2D eigenvalue weighted by atomic mass is 16.1. The Balaban J connectivity index is 2.67. The van der Waals surface area contributed by atoms with Gasteiger partial charge in [-0.25, -0.2) is 0 Å². The highest BCUT2D eigenvalue weighted by Gasteiger charge is 2.37. The number of aldehydes is 1. The summed E-state index contributed by atoms with van der Waals surface area (Å²) in [5.74, 6) is 1.18. The zero-order valence-corrected chi connectivity index (χ0v) is 10.3. The molecule has 0 N–H and O–H groups in total. The van der Waals surface area contributed by atoms with E-state index in [-0.39, 0.29) is 5.41 Å². The zero-order chi connectivity index (χ0) is 11.6. The van der Waals surface area contributed by atoms with Gasteiger partial charge in [0, 0.05) is 0 Å². The molecule has 0 fully saturated rings. The number of carbonyl (C=O) groups is 1. The molecule has 2 atom stereocenters. The Kier molecular flexibility index (Phi) is 3.54. The van der Waals surface area contributed by atoms with Crippen molar-refractivity contribution >= 4 is 6.29 Å². The Hall–Kier alpha value is -0.850. The number of hydrogen-bond donors (Lipinski definition) is 0. The van der Waals surface area contributed by atoms with Gasteiger partial charge < -0.3 is 0 Å². The van der Waals surface area contributed by atoms with E-state index in [1.54, 1.807) is 0 Å². The summed E-state index contributed by atoms with van der Waals surface area (Å²) in [6.45, 7) is 12.8. The van der Waals surface area contributed by atoms with Crippen LogP contribution in [0.4, 0.5) is 0 Å². The maximum Gasteiger partial charge on any atom is 0.145 e. The molecule has 1 aliphatic carbocycles. The van der Waals surface area contributed by atoms with E-state index >= 15 is 0 Å². The minimum Gasteiger partial charge on any atom is -0.298 e. The molecule has 0 bridgehead atoms. The van der Waals surface area contributed by atoms with Gasteiger partial charge in [0.05, 0.1) is 0 Å². The van der Waals surface area contributed by atoms with E-state index < -0.39 is 0 Å². The van der Waals surface area contributed by atoms with Crippen LogP contribution < -0.4 is 0 Å². The first-order valence-electron chi connectivity index (χ1n) is 5.69. The van der Waals surface area contributed by atoms with Gasteiger partial charge in [-0.2, -0.15) is 0 Å². The number of carbonyl (C=O) groups excluding carboxylic acids is 1. The fraction of sp³-hybridized carbons (Fsp3) is 0.643. The van der Waals surface area contributed by atoms with Crippen molar-refractivity contribution in [2.24, 2.45) is 17.3 Å². The molecule has 1 aliphatic rings. The Bertz CT molecular complexity index is 296. The summed E-state index contributed by atoms with van der Waals surface area (Å²) in [6, 6.07) is 0. The molecule has 1 unspecified atom stereocenters. The molecule has 0 spiro atoms. The van der Waals surface area contributed by atoms with Crippen LogP contribution in [-0.4, -0.2) is 6.29 Å². The van der Waals surface area contributed by atoms with Crippen molar-refractivity contribution in [2.75, 3.05) is 0 Å². The first-order valence-corrected chi connectivity index (χ1v) is 5.69. The van der Waals surface area contributed by atoms with Crippen LogP contribution in [0.15, 0.2) is 23.8 Å². The van der Waals surface area contributed by atoms with Crippen molar-refractivity contribution < 1.29 is 4.79 Å². The van der Waals surface area contributed by atoms with Crippen molar-refractivity contribution in [3.8, 4) is 0 Å². The molecule has 0 aromatic carbocycles. The fourth-order valence-corrected chi connectivity index (χ4v) is 2.70. The van der Waals surface area contributed by atoms with E-state index in [1.165, 1.54) is 5.57 Å². The number of allylic oxidation sites excluding steroid dienone is 3.